The molecule has 0 heterocycles. The van der Waals surface area contributed by atoms with Gasteiger partial charge in [0.1, 0.15) is 0 Å². The van der Waals surface area contributed by atoms with Gasteiger partial charge in [0, 0.05) is 18.8 Å². The summed E-state index contributed by atoms with van der Waals surface area (Å²) in [6.45, 7) is 2.67. The predicted molar refractivity (Wildman–Crippen MR) is 67.4 cm³/mol. The number of hydrogen-bond donors (Lipinski definition) is 1. The van der Waals surface area contributed by atoms with Crippen LogP contribution in [0, 0.1) is 0 Å². The SMILES string of the molecule is CCC(COC)Nc1ccccc1C(=O)OC. The van der Waals surface area contributed by atoms with Crippen molar-refractivity contribution in [2.45, 2.75) is 19.4 Å². The lowest BCUT2D eigenvalue weighted by Gasteiger charge is -2.19. The molecule has 1 aromatic carbocycles. The van der Waals surface area contributed by atoms with Gasteiger partial charge < -0.3 is 14.8 Å². The van der Waals surface area contributed by atoms with E-state index in [1.54, 1.807) is 13.2 Å². The maximum Gasteiger partial charge on any atom is 0.339 e. The zero-order valence-corrected chi connectivity index (χ0v) is 10.5. The van der Waals surface area contributed by atoms with Crippen molar-refractivity contribution in [3.63, 3.8) is 0 Å². The third kappa shape index (κ3) is 3.75. The van der Waals surface area contributed by atoms with Gasteiger partial charge in [0.25, 0.3) is 0 Å². The first kappa shape index (κ1) is 13.5. The van der Waals surface area contributed by atoms with E-state index in [0.717, 1.165) is 12.1 Å². The van der Waals surface area contributed by atoms with Crippen LogP contribution in [0.1, 0.15) is 23.7 Å². The van der Waals surface area contributed by atoms with E-state index in [1.165, 1.54) is 7.11 Å². The smallest absolute Gasteiger partial charge is 0.339 e. The van der Waals surface area contributed by atoms with E-state index >= 15 is 0 Å². The summed E-state index contributed by atoms with van der Waals surface area (Å²) in [5, 5.41) is 3.29. The van der Waals surface area contributed by atoms with Crippen LogP contribution in [0.3, 0.4) is 0 Å². The summed E-state index contributed by atoms with van der Waals surface area (Å²) in [7, 11) is 3.04. The first-order valence-electron chi connectivity index (χ1n) is 5.65. The zero-order chi connectivity index (χ0) is 12.7. The summed E-state index contributed by atoms with van der Waals surface area (Å²) in [6, 6.07) is 7.49. The number of ether oxygens (including phenoxy) is 2. The van der Waals surface area contributed by atoms with Gasteiger partial charge in [0.15, 0.2) is 0 Å². The van der Waals surface area contributed by atoms with Gasteiger partial charge in [-0.1, -0.05) is 19.1 Å². The molecule has 0 aliphatic rings. The molecule has 0 fully saturated rings. The summed E-state index contributed by atoms with van der Waals surface area (Å²) in [5.41, 5.74) is 1.33. The minimum Gasteiger partial charge on any atom is -0.465 e. The summed E-state index contributed by atoms with van der Waals surface area (Å²) in [5.74, 6) is -0.333. The molecule has 0 spiro atoms. The van der Waals surface area contributed by atoms with Crippen LogP contribution in [0.25, 0.3) is 0 Å². The van der Waals surface area contributed by atoms with Crippen molar-refractivity contribution < 1.29 is 14.3 Å². The van der Waals surface area contributed by atoms with Crippen molar-refractivity contribution >= 4 is 11.7 Å². The molecular formula is C13H19NO3. The second-order valence-electron chi connectivity index (χ2n) is 3.74. The van der Waals surface area contributed by atoms with Crippen LogP contribution in [0.4, 0.5) is 5.69 Å². The molecule has 1 atom stereocenters. The Labute approximate surface area is 102 Å². The summed E-state index contributed by atoms with van der Waals surface area (Å²) < 4.78 is 9.86. The Bertz CT molecular complexity index is 365. The minimum atomic E-state index is -0.333. The molecular weight excluding hydrogens is 218 g/mol. The van der Waals surface area contributed by atoms with E-state index < -0.39 is 0 Å². The van der Waals surface area contributed by atoms with Gasteiger partial charge in [-0.25, -0.2) is 4.79 Å². The molecule has 0 amide bonds. The van der Waals surface area contributed by atoms with Crippen molar-refractivity contribution in [1.82, 2.24) is 0 Å². The number of carbonyl (C=O) groups excluding carboxylic acids is 1. The highest BCUT2D eigenvalue weighted by Gasteiger charge is 2.13. The molecule has 4 nitrogen and oxygen atoms in total. The normalized spacial score (nSPS) is 11.9. The third-order valence-electron chi connectivity index (χ3n) is 2.55. The van der Waals surface area contributed by atoms with Gasteiger partial charge >= 0.3 is 5.97 Å². The average Bonchev–Trinajstić information content (AvgIpc) is 2.38. The summed E-state index contributed by atoms with van der Waals surface area (Å²) >= 11 is 0. The Morgan fingerprint density at radius 1 is 1.35 bits per heavy atom. The van der Waals surface area contributed by atoms with Crippen LogP contribution in [-0.2, 0) is 9.47 Å². The number of hydrogen-bond acceptors (Lipinski definition) is 4. The van der Waals surface area contributed by atoms with E-state index in [2.05, 4.69) is 12.2 Å². The quantitative estimate of drug-likeness (QED) is 0.771. The van der Waals surface area contributed by atoms with E-state index in [9.17, 15) is 4.79 Å². The fraction of sp³-hybridized carbons (Fsp3) is 0.462. The lowest BCUT2D eigenvalue weighted by Crippen LogP contribution is -2.25. The molecule has 0 bridgehead atoms. The first-order valence-corrected chi connectivity index (χ1v) is 5.65. The Morgan fingerprint density at radius 3 is 2.65 bits per heavy atom. The van der Waals surface area contributed by atoms with Gasteiger partial charge in [-0.15, -0.1) is 0 Å². The van der Waals surface area contributed by atoms with Crippen molar-refractivity contribution in [1.29, 1.82) is 0 Å². The number of carbonyl (C=O) groups is 1. The number of esters is 1. The molecule has 1 unspecified atom stereocenters. The maximum atomic E-state index is 11.6. The standard InChI is InChI=1S/C13H19NO3/c1-4-10(9-16-2)14-12-8-6-5-7-11(12)13(15)17-3/h5-8,10,14H,4,9H2,1-3H3. The van der Waals surface area contributed by atoms with Crippen molar-refractivity contribution in [2.75, 3.05) is 26.1 Å². The molecule has 0 aromatic heterocycles. The van der Waals surface area contributed by atoms with Gasteiger partial charge in [-0.05, 0) is 18.6 Å². The lowest BCUT2D eigenvalue weighted by molar-refractivity contribution is 0.0601. The monoisotopic (exact) mass is 237 g/mol. The topological polar surface area (TPSA) is 47.6 Å². The molecule has 1 rings (SSSR count). The van der Waals surface area contributed by atoms with Crippen molar-refractivity contribution in [3.8, 4) is 0 Å². The molecule has 94 valence electrons. The molecule has 1 aromatic rings. The fourth-order valence-electron chi connectivity index (χ4n) is 1.58. The van der Waals surface area contributed by atoms with Crippen molar-refractivity contribution in [2.24, 2.45) is 0 Å². The molecule has 1 N–H and O–H groups in total. The number of nitrogens with one attached hydrogen (secondary N) is 1. The van der Waals surface area contributed by atoms with Crippen LogP contribution in [0.15, 0.2) is 24.3 Å². The van der Waals surface area contributed by atoms with Crippen molar-refractivity contribution in [3.05, 3.63) is 29.8 Å². The number of para-hydroxylation sites is 1. The number of benzene rings is 1. The largest absolute Gasteiger partial charge is 0.465 e. The maximum absolute atomic E-state index is 11.6. The minimum absolute atomic E-state index is 0.186. The summed E-state index contributed by atoms with van der Waals surface area (Å²) in [6.07, 6.45) is 0.920. The lowest BCUT2D eigenvalue weighted by atomic mass is 10.1. The van der Waals surface area contributed by atoms with Crippen LogP contribution >= 0.6 is 0 Å². The number of rotatable bonds is 6. The van der Waals surface area contributed by atoms with Crippen LogP contribution in [0.5, 0.6) is 0 Å². The van der Waals surface area contributed by atoms with E-state index in [4.69, 9.17) is 9.47 Å². The first-order chi connectivity index (χ1) is 8.22. The second-order valence-corrected chi connectivity index (χ2v) is 3.74. The number of anilines is 1. The Morgan fingerprint density at radius 2 is 2.06 bits per heavy atom. The van der Waals surface area contributed by atoms with Gasteiger partial charge in [0.2, 0.25) is 0 Å². The number of methoxy groups -OCH3 is 2. The van der Waals surface area contributed by atoms with E-state index in [0.29, 0.717) is 12.2 Å². The molecule has 4 heteroatoms. The highest BCUT2D eigenvalue weighted by Crippen LogP contribution is 2.17. The molecule has 0 saturated carbocycles. The molecule has 0 aliphatic carbocycles. The van der Waals surface area contributed by atoms with E-state index in [1.807, 2.05) is 18.2 Å². The second kappa shape index (κ2) is 6.91. The van der Waals surface area contributed by atoms with Crippen LogP contribution < -0.4 is 5.32 Å². The molecule has 0 aliphatic heterocycles. The van der Waals surface area contributed by atoms with Gasteiger partial charge in [-0.3, -0.25) is 0 Å². The third-order valence-corrected chi connectivity index (χ3v) is 2.55. The Hall–Kier alpha value is -1.55. The van der Waals surface area contributed by atoms with Gasteiger partial charge in [-0.2, -0.15) is 0 Å². The predicted octanol–water partition coefficient (Wildman–Crippen LogP) is 2.31. The zero-order valence-electron chi connectivity index (χ0n) is 10.5. The Balaban J connectivity index is 2.85. The highest BCUT2D eigenvalue weighted by molar-refractivity contribution is 5.95. The van der Waals surface area contributed by atoms with Crippen LogP contribution in [0.2, 0.25) is 0 Å². The van der Waals surface area contributed by atoms with Gasteiger partial charge in [0.05, 0.1) is 19.3 Å². The Kier molecular flexibility index (Phi) is 5.49. The average molecular weight is 237 g/mol. The summed E-state index contributed by atoms with van der Waals surface area (Å²) in [4.78, 5) is 11.6. The molecule has 17 heavy (non-hydrogen) atoms. The van der Waals surface area contributed by atoms with Crippen LogP contribution in [-0.4, -0.2) is 32.8 Å². The highest BCUT2D eigenvalue weighted by atomic mass is 16.5. The molecule has 0 radical (unpaired) electrons. The molecule has 0 saturated heterocycles. The fourth-order valence-corrected chi connectivity index (χ4v) is 1.58. The van der Waals surface area contributed by atoms with E-state index in [-0.39, 0.29) is 12.0 Å².